The molecule has 2 heterocycles. The van der Waals surface area contributed by atoms with Crippen molar-refractivity contribution in [3.05, 3.63) is 71.4 Å². The van der Waals surface area contributed by atoms with Crippen LogP contribution in [0.25, 0.3) is 10.9 Å². The first-order valence-electron chi connectivity index (χ1n) is 9.55. The molecule has 0 atom stereocenters. The van der Waals surface area contributed by atoms with Crippen LogP contribution in [0, 0.1) is 6.92 Å². The zero-order valence-corrected chi connectivity index (χ0v) is 15.7. The van der Waals surface area contributed by atoms with Gasteiger partial charge in [0.05, 0.1) is 6.54 Å². The van der Waals surface area contributed by atoms with Crippen molar-refractivity contribution < 1.29 is 4.79 Å². The molecular formula is C22H26N4O. The van der Waals surface area contributed by atoms with Crippen LogP contribution < -0.4 is 5.32 Å². The molecule has 140 valence electrons. The first kappa shape index (κ1) is 17.6. The van der Waals surface area contributed by atoms with Gasteiger partial charge in [0.25, 0.3) is 0 Å². The summed E-state index contributed by atoms with van der Waals surface area (Å²) in [6.45, 7) is 6.96. The number of piperazine rings is 1. The fourth-order valence-electron chi connectivity index (χ4n) is 3.69. The highest BCUT2D eigenvalue weighted by Gasteiger charge is 2.21. The van der Waals surface area contributed by atoms with Crippen LogP contribution in [0.2, 0.25) is 0 Å². The molecule has 4 rings (SSSR count). The van der Waals surface area contributed by atoms with Crippen LogP contribution in [-0.4, -0.2) is 47.0 Å². The van der Waals surface area contributed by atoms with E-state index in [1.807, 2.05) is 23.1 Å². The Labute approximate surface area is 160 Å². The second kappa shape index (κ2) is 7.84. The molecule has 2 aromatic carbocycles. The van der Waals surface area contributed by atoms with E-state index < -0.39 is 0 Å². The summed E-state index contributed by atoms with van der Waals surface area (Å²) < 4.78 is 0. The Hall–Kier alpha value is -2.79. The number of nitrogens with one attached hydrogen (secondary N) is 2. The molecule has 5 nitrogen and oxygen atoms in total. The van der Waals surface area contributed by atoms with E-state index in [1.165, 1.54) is 16.5 Å². The lowest BCUT2D eigenvalue weighted by molar-refractivity contribution is 0.135. The number of carbonyl (C=O) groups is 1. The van der Waals surface area contributed by atoms with Crippen LogP contribution in [-0.2, 0) is 13.1 Å². The monoisotopic (exact) mass is 362 g/mol. The molecule has 1 saturated heterocycles. The lowest BCUT2D eigenvalue weighted by atomic mass is 10.1. The quantitative estimate of drug-likeness (QED) is 0.746. The molecule has 2 amide bonds. The van der Waals surface area contributed by atoms with Crippen LogP contribution in [0.5, 0.6) is 0 Å². The number of carbonyl (C=O) groups excluding carboxylic acids is 1. The van der Waals surface area contributed by atoms with Crippen LogP contribution in [0.1, 0.15) is 16.8 Å². The number of aromatic nitrogens is 1. The standard InChI is InChI=1S/C22H26N4O/c1-17-5-4-6-18(13-17)16-25-9-11-26(12-10-25)22(27)23-15-20-14-19-7-2-3-8-21(19)24-20/h2-8,13-14,24H,9-12,15-16H2,1H3,(H,23,27). The van der Waals surface area contributed by atoms with Gasteiger partial charge in [-0.3, -0.25) is 4.90 Å². The number of hydrogen-bond acceptors (Lipinski definition) is 2. The Morgan fingerprint density at radius 1 is 1.04 bits per heavy atom. The highest BCUT2D eigenvalue weighted by molar-refractivity contribution is 5.80. The van der Waals surface area contributed by atoms with Crippen molar-refractivity contribution in [3.8, 4) is 0 Å². The van der Waals surface area contributed by atoms with Crippen LogP contribution in [0.15, 0.2) is 54.6 Å². The first-order chi connectivity index (χ1) is 13.2. The smallest absolute Gasteiger partial charge is 0.317 e. The van der Waals surface area contributed by atoms with E-state index in [1.54, 1.807) is 0 Å². The van der Waals surface area contributed by atoms with Crippen LogP contribution in [0.4, 0.5) is 4.79 Å². The van der Waals surface area contributed by atoms with Crippen molar-refractivity contribution in [3.63, 3.8) is 0 Å². The van der Waals surface area contributed by atoms with E-state index in [0.29, 0.717) is 6.54 Å². The first-order valence-corrected chi connectivity index (χ1v) is 9.55. The fraction of sp³-hybridized carbons (Fsp3) is 0.318. The summed E-state index contributed by atoms with van der Waals surface area (Å²) in [5.41, 5.74) is 4.77. The van der Waals surface area contributed by atoms with Gasteiger partial charge in [-0.2, -0.15) is 0 Å². The van der Waals surface area contributed by atoms with Crippen molar-refractivity contribution in [2.45, 2.75) is 20.0 Å². The predicted molar refractivity (Wildman–Crippen MR) is 109 cm³/mol. The molecule has 0 aliphatic carbocycles. The molecule has 1 aliphatic heterocycles. The average Bonchev–Trinajstić information content (AvgIpc) is 3.10. The minimum atomic E-state index is 0.0175. The summed E-state index contributed by atoms with van der Waals surface area (Å²) in [5.74, 6) is 0. The molecule has 0 saturated carbocycles. The van der Waals surface area contributed by atoms with Gasteiger partial charge in [0, 0.05) is 43.9 Å². The number of hydrogen-bond donors (Lipinski definition) is 2. The molecule has 0 unspecified atom stereocenters. The van der Waals surface area contributed by atoms with Gasteiger partial charge in [-0.25, -0.2) is 4.79 Å². The maximum atomic E-state index is 12.5. The number of para-hydroxylation sites is 1. The summed E-state index contributed by atoms with van der Waals surface area (Å²) in [6, 6.07) is 18.9. The molecule has 0 bridgehead atoms. The van der Waals surface area contributed by atoms with Gasteiger partial charge in [0.1, 0.15) is 0 Å². The molecule has 2 N–H and O–H groups in total. The molecule has 1 aromatic heterocycles. The van der Waals surface area contributed by atoms with E-state index >= 15 is 0 Å². The molecular weight excluding hydrogens is 336 g/mol. The number of urea groups is 1. The maximum absolute atomic E-state index is 12.5. The number of rotatable bonds is 4. The topological polar surface area (TPSA) is 51.4 Å². The van der Waals surface area contributed by atoms with E-state index in [4.69, 9.17) is 0 Å². The summed E-state index contributed by atoms with van der Waals surface area (Å²) in [5, 5.41) is 4.21. The predicted octanol–water partition coefficient (Wildman–Crippen LogP) is 3.50. The minimum Gasteiger partial charge on any atom is -0.357 e. The molecule has 0 radical (unpaired) electrons. The highest BCUT2D eigenvalue weighted by Crippen LogP contribution is 2.15. The zero-order chi connectivity index (χ0) is 18.6. The summed E-state index contributed by atoms with van der Waals surface area (Å²) in [7, 11) is 0. The number of H-pyrrole nitrogens is 1. The van der Waals surface area contributed by atoms with E-state index in [2.05, 4.69) is 58.5 Å². The van der Waals surface area contributed by atoms with Gasteiger partial charge in [0.15, 0.2) is 0 Å². The lowest BCUT2D eigenvalue weighted by Gasteiger charge is -2.34. The Morgan fingerprint density at radius 2 is 1.85 bits per heavy atom. The second-order valence-corrected chi connectivity index (χ2v) is 7.29. The number of benzene rings is 2. The van der Waals surface area contributed by atoms with Gasteiger partial charge in [-0.1, -0.05) is 48.0 Å². The summed E-state index contributed by atoms with van der Waals surface area (Å²) in [6.07, 6.45) is 0. The van der Waals surface area contributed by atoms with Crippen molar-refractivity contribution in [1.82, 2.24) is 20.1 Å². The minimum absolute atomic E-state index is 0.0175. The van der Waals surface area contributed by atoms with Gasteiger partial charge in [-0.15, -0.1) is 0 Å². The molecule has 1 fully saturated rings. The molecule has 5 heteroatoms. The molecule has 0 spiro atoms. The van der Waals surface area contributed by atoms with Crippen molar-refractivity contribution in [2.24, 2.45) is 0 Å². The largest absolute Gasteiger partial charge is 0.357 e. The Kier molecular flexibility index (Phi) is 5.12. The molecule has 3 aromatic rings. The third-order valence-electron chi connectivity index (χ3n) is 5.16. The number of nitrogens with zero attached hydrogens (tertiary/aromatic N) is 2. The van der Waals surface area contributed by atoms with Crippen molar-refractivity contribution in [1.29, 1.82) is 0 Å². The Bertz CT molecular complexity index is 892. The summed E-state index contributed by atoms with van der Waals surface area (Å²) in [4.78, 5) is 20.2. The SMILES string of the molecule is Cc1cccc(CN2CCN(C(=O)NCc3cc4ccccc4[nH]3)CC2)c1. The number of aromatic amines is 1. The van der Waals surface area contributed by atoms with Crippen molar-refractivity contribution in [2.75, 3.05) is 26.2 Å². The van der Waals surface area contributed by atoms with Crippen LogP contribution >= 0.6 is 0 Å². The van der Waals surface area contributed by atoms with Gasteiger partial charge >= 0.3 is 6.03 Å². The maximum Gasteiger partial charge on any atom is 0.317 e. The normalized spacial score (nSPS) is 15.2. The lowest BCUT2D eigenvalue weighted by Crippen LogP contribution is -2.51. The Balaban J connectivity index is 1.25. The third kappa shape index (κ3) is 4.31. The molecule has 1 aliphatic rings. The van der Waals surface area contributed by atoms with Crippen LogP contribution in [0.3, 0.4) is 0 Å². The fourth-order valence-corrected chi connectivity index (χ4v) is 3.69. The van der Waals surface area contributed by atoms with Crippen molar-refractivity contribution >= 4 is 16.9 Å². The average molecular weight is 362 g/mol. The Morgan fingerprint density at radius 3 is 2.63 bits per heavy atom. The number of aryl methyl sites for hydroxylation is 1. The van der Waals surface area contributed by atoms with Gasteiger partial charge < -0.3 is 15.2 Å². The number of fused-ring (bicyclic) bond motifs is 1. The molecule has 27 heavy (non-hydrogen) atoms. The second-order valence-electron chi connectivity index (χ2n) is 7.29. The van der Waals surface area contributed by atoms with E-state index in [0.717, 1.165) is 43.9 Å². The third-order valence-corrected chi connectivity index (χ3v) is 5.16. The van der Waals surface area contributed by atoms with E-state index in [-0.39, 0.29) is 6.03 Å². The van der Waals surface area contributed by atoms with Gasteiger partial charge in [0.2, 0.25) is 0 Å². The number of amides is 2. The zero-order valence-electron chi connectivity index (χ0n) is 15.7. The van der Waals surface area contributed by atoms with E-state index in [9.17, 15) is 4.79 Å². The van der Waals surface area contributed by atoms with Gasteiger partial charge in [-0.05, 0) is 30.0 Å². The highest BCUT2D eigenvalue weighted by atomic mass is 16.2. The summed E-state index contributed by atoms with van der Waals surface area (Å²) >= 11 is 0.